The molecular weight excluding hydrogens is 368 g/mol. The molecule has 1 N–H and O–H groups in total. The monoisotopic (exact) mass is 396 g/mol. The molecule has 4 fully saturated rings. The lowest BCUT2D eigenvalue weighted by molar-refractivity contribution is -0.122. The molecule has 5 nitrogen and oxygen atoms in total. The molecule has 148 valence electrons. The third-order valence-corrected chi connectivity index (χ3v) is 8.02. The van der Waals surface area contributed by atoms with E-state index in [4.69, 9.17) is 0 Å². The molecular formula is C22H28N4OS. The van der Waals surface area contributed by atoms with E-state index in [1.54, 1.807) is 0 Å². The molecule has 6 heteroatoms. The molecule has 0 saturated heterocycles. The molecule has 0 unspecified atom stereocenters. The van der Waals surface area contributed by atoms with Crippen LogP contribution in [0.4, 0.5) is 0 Å². The van der Waals surface area contributed by atoms with Crippen molar-refractivity contribution in [1.82, 2.24) is 20.1 Å². The number of rotatable bonds is 5. The molecule has 0 radical (unpaired) electrons. The van der Waals surface area contributed by atoms with E-state index in [9.17, 15) is 4.79 Å². The van der Waals surface area contributed by atoms with Crippen LogP contribution in [0.3, 0.4) is 0 Å². The van der Waals surface area contributed by atoms with Crippen molar-refractivity contribution in [3.05, 3.63) is 29.8 Å². The van der Waals surface area contributed by atoms with E-state index >= 15 is 0 Å². The van der Waals surface area contributed by atoms with E-state index < -0.39 is 0 Å². The highest BCUT2D eigenvalue weighted by Crippen LogP contribution is 2.53. The van der Waals surface area contributed by atoms with Gasteiger partial charge in [0.2, 0.25) is 5.91 Å². The van der Waals surface area contributed by atoms with E-state index in [0.29, 0.717) is 23.6 Å². The Kier molecular flexibility index (Phi) is 4.69. The molecule has 2 aromatic rings. The van der Waals surface area contributed by atoms with E-state index in [2.05, 4.69) is 34.6 Å². The van der Waals surface area contributed by atoms with Gasteiger partial charge in [0.15, 0.2) is 11.0 Å². The summed E-state index contributed by atoms with van der Waals surface area (Å²) in [6.45, 7) is 2.07. The van der Waals surface area contributed by atoms with Gasteiger partial charge in [-0.2, -0.15) is 0 Å². The number of thioether (sulfide) groups is 1. The Hall–Kier alpha value is -1.82. The summed E-state index contributed by atoms with van der Waals surface area (Å²) in [5.74, 6) is 4.69. The zero-order valence-corrected chi connectivity index (χ0v) is 17.4. The summed E-state index contributed by atoms with van der Waals surface area (Å²) in [7, 11) is 1.97. The van der Waals surface area contributed by atoms with E-state index in [0.717, 1.165) is 28.4 Å². The average molecular weight is 397 g/mol. The van der Waals surface area contributed by atoms with Crippen LogP contribution in [0.2, 0.25) is 0 Å². The van der Waals surface area contributed by atoms with Crippen molar-refractivity contribution >= 4 is 17.7 Å². The van der Waals surface area contributed by atoms with Gasteiger partial charge in [-0.05, 0) is 68.8 Å². The summed E-state index contributed by atoms with van der Waals surface area (Å²) in [4.78, 5) is 12.7. The molecule has 1 aromatic heterocycles. The molecule has 6 rings (SSSR count). The maximum Gasteiger partial charge on any atom is 0.230 e. The molecule has 4 aliphatic rings. The number of hydrogen-bond donors (Lipinski definition) is 1. The predicted octanol–water partition coefficient (Wildman–Crippen LogP) is 3.82. The van der Waals surface area contributed by atoms with Crippen molar-refractivity contribution in [2.75, 3.05) is 5.75 Å². The second-order valence-corrected chi connectivity index (χ2v) is 9.99. The Morgan fingerprint density at radius 1 is 1.14 bits per heavy atom. The fourth-order valence-corrected chi connectivity index (χ4v) is 6.72. The number of aryl methyl sites for hydroxylation is 1. The Bertz CT molecular complexity index is 864. The molecule has 0 spiro atoms. The SMILES string of the molecule is Cc1cccc(-c2nnc(SCC(=O)NC3C4CC5CC(C4)CC3C5)n2C)c1. The fraction of sp³-hybridized carbons (Fsp3) is 0.591. The van der Waals surface area contributed by atoms with Crippen molar-refractivity contribution < 1.29 is 4.79 Å². The lowest BCUT2D eigenvalue weighted by Crippen LogP contribution is -2.56. The largest absolute Gasteiger partial charge is 0.352 e. The maximum absolute atomic E-state index is 12.7. The molecule has 0 atom stereocenters. The molecule has 1 amide bonds. The Labute approximate surface area is 170 Å². The van der Waals surface area contributed by atoms with Crippen LogP contribution in [0, 0.1) is 30.6 Å². The van der Waals surface area contributed by atoms with Crippen LogP contribution in [0.1, 0.15) is 37.7 Å². The standard InChI is InChI=1S/C22H28N4OS/c1-13-4-3-5-16(6-13)21-24-25-22(26(21)2)28-12-19(27)23-20-17-8-14-7-15(10-17)11-18(20)9-14/h3-6,14-15,17-18,20H,7-12H2,1-2H3,(H,23,27). The Morgan fingerprint density at radius 3 is 2.54 bits per heavy atom. The van der Waals surface area contributed by atoms with Crippen LogP contribution < -0.4 is 5.32 Å². The van der Waals surface area contributed by atoms with Crippen molar-refractivity contribution in [2.24, 2.45) is 30.7 Å². The molecule has 4 saturated carbocycles. The average Bonchev–Trinajstić information content (AvgIpc) is 3.03. The maximum atomic E-state index is 12.7. The molecule has 4 bridgehead atoms. The molecule has 1 heterocycles. The van der Waals surface area contributed by atoms with Gasteiger partial charge in [0.25, 0.3) is 0 Å². The third kappa shape index (κ3) is 3.36. The van der Waals surface area contributed by atoms with Crippen LogP contribution in [0.5, 0.6) is 0 Å². The number of nitrogens with zero attached hydrogens (tertiary/aromatic N) is 3. The highest BCUT2D eigenvalue weighted by Gasteiger charge is 2.48. The van der Waals surface area contributed by atoms with E-state index in [-0.39, 0.29) is 5.91 Å². The molecule has 4 aliphatic carbocycles. The minimum absolute atomic E-state index is 0.141. The van der Waals surface area contributed by atoms with Crippen molar-refractivity contribution in [1.29, 1.82) is 0 Å². The molecule has 1 aromatic carbocycles. The molecule has 0 aliphatic heterocycles. The van der Waals surface area contributed by atoms with Crippen molar-refractivity contribution in [3.63, 3.8) is 0 Å². The number of benzene rings is 1. The second kappa shape index (κ2) is 7.21. The van der Waals surface area contributed by atoms with Crippen molar-refractivity contribution in [2.45, 2.75) is 50.2 Å². The zero-order chi connectivity index (χ0) is 19.3. The first-order valence-electron chi connectivity index (χ1n) is 10.5. The number of amides is 1. The first-order chi connectivity index (χ1) is 13.6. The first-order valence-corrected chi connectivity index (χ1v) is 11.4. The fourth-order valence-electron chi connectivity index (χ4n) is 5.99. The highest BCUT2D eigenvalue weighted by atomic mass is 32.2. The lowest BCUT2D eigenvalue weighted by atomic mass is 9.54. The third-order valence-electron chi connectivity index (χ3n) is 7.00. The number of nitrogens with one attached hydrogen (secondary N) is 1. The van der Waals surface area contributed by atoms with Crippen LogP contribution in [0.25, 0.3) is 11.4 Å². The summed E-state index contributed by atoms with van der Waals surface area (Å²) >= 11 is 1.48. The van der Waals surface area contributed by atoms with Crippen LogP contribution in [-0.4, -0.2) is 32.5 Å². The van der Waals surface area contributed by atoms with Gasteiger partial charge < -0.3 is 9.88 Å². The molecule has 28 heavy (non-hydrogen) atoms. The van der Waals surface area contributed by atoms with Crippen LogP contribution in [0.15, 0.2) is 29.4 Å². The van der Waals surface area contributed by atoms with Gasteiger partial charge >= 0.3 is 0 Å². The van der Waals surface area contributed by atoms with E-state index in [1.807, 2.05) is 23.7 Å². The second-order valence-electron chi connectivity index (χ2n) is 9.05. The topological polar surface area (TPSA) is 59.8 Å². The minimum Gasteiger partial charge on any atom is -0.352 e. The zero-order valence-electron chi connectivity index (χ0n) is 16.6. The number of carbonyl (C=O) groups is 1. The Morgan fingerprint density at radius 2 is 1.86 bits per heavy atom. The van der Waals surface area contributed by atoms with Gasteiger partial charge in [0.1, 0.15) is 0 Å². The van der Waals surface area contributed by atoms with Gasteiger partial charge in [-0.1, -0.05) is 35.5 Å². The van der Waals surface area contributed by atoms with E-state index in [1.165, 1.54) is 49.4 Å². The quantitative estimate of drug-likeness (QED) is 0.781. The van der Waals surface area contributed by atoms with Gasteiger partial charge in [0.05, 0.1) is 5.75 Å². The first kappa shape index (κ1) is 18.2. The van der Waals surface area contributed by atoms with Crippen LogP contribution >= 0.6 is 11.8 Å². The summed E-state index contributed by atoms with van der Waals surface area (Å²) < 4.78 is 1.98. The predicted molar refractivity (Wildman–Crippen MR) is 111 cm³/mol. The lowest BCUT2D eigenvalue weighted by Gasteiger charge is -2.54. The Balaban J connectivity index is 1.21. The number of carbonyl (C=O) groups excluding carboxylic acids is 1. The highest BCUT2D eigenvalue weighted by molar-refractivity contribution is 7.99. The van der Waals surface area contributed by atoms with Gasteiger partial charge in [-0.15, -0.1) is 10.2 Å². The number of aromatic nitrogens is 3. The van der Waals surface area contributed by atoms with Gasteiger partial charge in [0, 0.05) is 18.7 Å². The van der Waals surface area contributed by atoms with Gasteiger partial charge in [-0.25, -0.2) is 0 Å². The summed E-state index contributed by atoms with van der Waals surface area (Å²) in [5, 5.41) is 12.8. The smallest absolute Gasteiger partial charge is 0.230 e. The summed E-state index contributed by atoms with van der Waals surface area (Å²) in [5.41, 5.74) is 2.25. The van der Waals surface area contributed by atoms with Gasteiger partial charge in [-0.3, -0.25) is 4.79 Å². The minimum atomic E-state index is 0.141. The van der Waals surface area contributed by atoms with Crippen LogP contribution in [-0.2, 0) is 11.8 Å². The number of hydrogen-bond acceptors (Lipinski definition) is 4. The normalized spacial score (nSPS) is 30.6. The summed E-state index contributed by atoms with van der Waals surface area (Å²) in [6.07, 6.45) is 6.75. The summed E-state index contributed by atoms with van der Waals surface area (Å²) in [6, 6.07) is 8.67. The van der Waals surface area contributed by atoms with Crippen molar-refractivity contribution in [3.8, 4) is 11.4 Å².